The molecule has 2 aromatic heterocycles. The Kier molecular flexibility index (Phi) is 5.93. The highest BCUT2D eigenvalue weighted by atomic mass is 19.1. The van der Waals surface area contributed by atoms with Gasteiger partial charge in [0, 0.05) is 56.5 Å². The Labute approximate surface area is 170 Å². The summed E-state index contributed by atoms with van der Waals surface area (Å²) in [5, 5.41) is 7.77. The van der Waals surface area contributed by atoms with Crippen LogP contribution in [0, 0.1) is 5.82 Å². The standard InChI is InChI=1S/C22H27FN6/c1-24-22(26-9-7-17-15-27-20-13-18(23)4-5-19(17)20)28-14-16-6-8-25-21(12-16)29-10-2-3-11-29/h4-6,8,12-13,15,27H,2-3,7,9-11,14H2,1H3,(H2,24,26,28). The molecule has 1 aliphatic rings. The molecule has 4 rings (SSSR count). The fourth-order valence-corrected chi connectivity index (χ4v) is 3.78. The van der Waals surface area contributed by atoms with Crippen LogP contribution in [0.2, 0.25) is 0 Å². The zero-order valence-corrected chi connectivity index (χ0v) is 16.7. The molecule has 3 heterocycles. The minimum Gasteiger partial charge on any atom is -0.361 e. The number of nitrogens with one attached hydrogen (secondary N) is 3. The van der Waals surface area contributed by atoms with E-state index >= 15 is 0 Å². The summed E-state index contributed by atoms with van der Waals surface area (Å²) in [6, 6.07) is 9.03. The van der Waals surface area contributed by atoms with Gasteiger partial charge in [-0.3, -0.25) is 4.99 Å². The maximum Gasteiger partial charge on any atom is 0.191 e. The highest BCUT2D eigenvalue weighted by molar-refractivity contribution is 5.83. The van der Waals surface area contributed by atoms with E-state index in [9.17, 15) is 4.39 Å². The van der Waals surface area contributed by atoms with Gasteiger partial charge in [0.25, 0.3) is 0 Å². The second-order valence-corrected chi connectivity index (χ2v) is 7.32. The van der Waals surface area contributed by atoms with Gasteiger partial charge in [-0.15, -0.1) is 0 Å². The molecule has 1 fully saturated rings. The molecule has 29 heavy (non-hydrogen) atoms. The molecule has 0 aliphatic carbocycles. The molecule has 1 aromatic carbocycles. The largest absolute Gasteiger partial charge is 0.361 e. The number of aliphatic imine (C=N–C) groups is 1. The maximum absolute atomic E-state index is 13.3. The van der Waals surface area contributed by atoms with Crippen molar-refractivity contribution in [2.75, 3.05) is 31.6 Å². The molecule has 3 aromatic rings. The van der Waals surface area contributed by atoms with Crippen molar-refractivity contribution in [1.82, 2.24) is 20.6 Å². The third-order valence-electron chi connectivity index (χ3n) is 5.34. The molecular formula is C22H27FN6. The molecule has 0 spiro atoms. The third-order valence-corrected chi connectivity index (χ3v) is 5.34. The SMILES string of the molecule is CN=C(NCCc1c[nH]c2cc(F)ccc12)NCc1ccnc(N2CCCC2)c1. The molecule has 0 amide bonds. The number of nitrogens with zero attached hydrogens (tertiary/aromatic N) is 3. The molecule has 0 atom stereocenters. The predicted molar refractivity (Wildman–Crippen MR) is 116 cm³/mol. The van der Waals surface area contributed by atoms with E-state index in [-0.39, 0.29) is 5.82 Å². The van der Waals surface area contributed by atoms with Crippen LogP contribution < -0.4 is 15.5 Å². The monoisotopic (exact) mass is 394 g/mol. The quantitative estimate of drug-likeness (QED) is 0.444. The number of H-pyrrole nitrogens is 1. The summed E-state index contributed by atoms with van der Waals surface area (Å²) in [6.45, 7) is 3.61. The number of aromatic amines is 1. The van der Waals surface area contributed by atoms with Gasteiger partial charge in [0.1, 0.15) is 11.6 Å². The minimum atomic E-state index is -0.224. The normalized spacial score (nSPS) is 14.6. The lowest BCUT2D eigenvalue weighted by atomic mass is 10.1. The molecule has 152 valence electrons. The average molecular weight is 394 g/mol. The van der Waals surface area contributed by atoms with Gasteiger partial charge in [-0.25, -0.2) is 9.37 Å². The molecule has 3 N–H and O–H groups in total. The first-order valence-corrected chi connectivity index (χ1v) is 10.1. The van der Waals surface area contributed by atoms with Crippen molar-refractivity contribution in [2.24, 2.45) is 4.99 Å². The van der Waals surface area contributed by atoms with Crippen molar-refractivity contribution in [3.63, 3.8) is 0 Å². The van der Waals surface area contributed by atoms with Crippen LogP contribution in [0.25, 0.3) is 10.9 Å². The molecule has 1 saturated heterocycles. The molecule has 0 unspecified atom stereocenters. The van der Waals surface area contributed by atoms with E-state index in [1.165, 1.54) is 30.5 Å². The van der Waals surface area contributed by atoms with Crippen molar-refractivity contribution < 1.29 is 4.39 Å². The predicted octanol–water partition coefficient (Wildman–Crippen LogP) is 3.21. The lowest BCUT2D eigenvalue weighted by Crippen LogP contribution is -2.37. The Hall–Kier alpha value is -3.09. The molecule has 0 bridgehead atoms. The van der Waals surface area contributed by atoms with Crippen LogP contribution >= 0.6 is 0 Å². The van der Waals surface area contributed by atoms with E-state index in [1.807, 2.05) is 24.5 Å². The van der Waals surface area contributed by atoms with Crippen LogP contribution in [-0.4, -0.2) is 42.6 Å². The molecular weight excluding hydrogens is 367 g/mol. The lowest BCUT2D eigenvalue weighted by molar-refractivity contribution is 0.629. The highest BCUT2D eigenvalue weighted by Gasteiger charge is 2.13. The summed E-state index contributed by atoms with van der Waals surface area (Å²) in [7, 11) is 1.77. The van der Waals surface area contributed by atoms with E-state index in [0.717, 1.165) is 54.3 Å². The lowest BCUT2D eigenvalue weighted by Gasteiger charge is -2.17. The topological polar surface area (TPSA) is 68.3 Å². The smallest absolute Gasteiger partial charge is 0.191 e. The van der Waals surface area contributed by atoms with E-state index in [0.29, 0.717) is 6.54 Å². The van der Waals surface area contributed by atoms with Gasteiger partial charge < -0.3 is 20.5 Å². The first-order valence-electron chi connectivity index (χ1n) is 10.1. The number of hydrogen-bond donors (Lipinski definition) is 3. The van der Waals surface area contributed by atoms with Gasteiger partial charge in [-0.1, -0.05) is 0 Å². The van der Waals surface area contributed by atoms with Crippen molar-refractivity contribution >= 4 is 22.7 Å². The first kappa shape index (κ1) is 19.2. The molecule has 0 saturated carbocycles. The number of aromatic nitrogens is 2. The Morgan fingerprint density at radius 2 is 2.07 bits per heavy atom. The number of benzene rings is 1. The van der Waals surface area contributed by atoms with Crippen molar-refractivity contribution in [3.05, 3.63) is 59.7 Å². The van der Waals surface area contributed by atoms with Crippen molar-refractivity contribution in [1.29, 1.82) is 0 Å². The summed E-state index contributed by atoms with van der Waals surface area (Å²) in [5.41, 5.74) is 3.17. The van der Waals surface area contributed by atoms with E-state index in [4.69, 9.17) is 0 Å². The number of fused-ring (bicyclic) bond motifs is 1. The van der Waals surface area contributed by atoms with Gasteiger partial charge in [-0.05, 0) is 60.7 Å². The van der Waals surface area contributed by atoms with Crippen molar-refractivity contribution in [3.8, 4) is 0 Å². The van der Waals surface area contributed by atoms with Crippen LogP contribution in [0.15, 0.2) is 47.7 Å². The molecule has 6 nitrogen and oxygen atoms in total. The zero-order valence-electron chi connectivity index (χ0n) is 16.7. The molecule has 1 aliphatic heterocycles. The third kappa shape index (κ3) is 4.67. The second-order valence-electron chi connectivity index (χ2n) is 7.32. The Bertz CT molecular complexity index is 990. The van der Waals surface area contributed by atoms with Crippen LogP contribution in [0.5, 0.6) is 0 Å². The van der Waals surface area contributed by atoms with Crippen LogP contribution in [0.4, 0.5) is 10.2 Å². The number of anilines is 1. The number of guanidine groups is 1. The van der Waals surface area contributed by atoms with Crippen molar-refractivity contribution in [2.45, 2.75) is 25.8 Å². The number of hydrogen-bond acceptors (Lipinski definition) is 3. The zero-order chi connectivity index (χ0) is 20.1. The minimum absolute atomic E-state index is 0.224. The average Bonchev–Trinajstić information content (AvgIpc) is 3.41. The Morgan fingerprint density at radius 1 is 1.21 bits per heavy atom. The summed E-state index contributed by atoms with van der Waals surface area (Å²) >= 11 is 0. The van der Waals surface area contributed by atoms with Gasteiger partial charge in [-0.2, -0.15) is 0 Å². The van der Waals surface area contributed by atoms with Gasteiger partial charge in [0.15, 0.2) is 5.96 Å². The van der Waals surface area contributed by atoms with Gasteiger partial charge in [0.05, 0.1) is 0 Å². The molecule has 0 radical (unpaired) electrons. The summed E-state index contributed by atoms with van der Waals surface area (Å²) < 4.78 is 13.3. The van der Waals surface area contributed by atoms with Crippen LogP contribution in [0.3, 0.4) is 0 Å². The number of halogens is 1. The van der Waals surface area contributed by atoms with E-state index in [1.54, 1.807) is 7.05 Å². The van der Waals surface area contributed by atoms with Gasteiger partial charge >= 0.3 is 0 Å². The van der Waals surface area contributed by atoms with E-state index in [2.05, 4.69) is 36.6 Å². The van der Waals surface area contributed by atoms with E-state index < -0.39 is 0 Å². The number of rotatable bonds is 6. The highest BCUT2D eigenvalue weighted by Crippen LogP contribution is 2.20. The van der Waals surface area contributed by atoms with Crippen LogP contribution in [0.1, 0.15) is 24.0 Å². The van der Waals surface area contributed by atoms with Gasteiger partial charge in [0.2, 0.25) is 0 Å². The second kappa shape index (κ2) is 8.94. The summed E-state index contributed by atoms with van der Waals surface area (Å²) in [6.07, 6.45) is 7.12. The summed E-state index contributed by atoms with van der Waals surface area (Å²) in [5.74, 6) is 1.59. The van der Waals surface area contributed by atoms with Crippen LogP contribution in [-0.2, 0) is 13.0 Å². The fraction of sp³-hybridized carbons (Fsp3) is 0.364. The number of pyridine rings is 1. The summed E-state index contributed by atoms with van der Waals surface area (Å²) in [4.78, 5) is 14.3. The fourth-order valence-electron chi connectivity index (χ4n) is 3.78. The Morgan fingerprint density at radius 3 is 2.90 bits per heavy atom. The Balaban J connectivity index is 1.29. The maximum atomic E-state index is 13.3. The first-order chi connectivity index (χ1) is 14.2. The molecule has 7 heteroatoms.